The molecule has 0 aromatic heterocycles. The summed E-state index contributed by atoms with van der Waals surface area (Å²) >= 11 is 12.9. The van der Waals surface area contributed by atoms with Crippen molar-refractivity contribution in [3.63, 3.8) is 0 Å². The van der Waals surface area contributed by atoms with Gasteiger partial charge in [0.1, 0.15) is 5.82 Å². The molecule has 2 aromatic rings. The molecule has 0 bridgehead atoms. The van der Waals surface area contributed by atoms with Gasteiger partial charge in [0.25, 0.3) is 0 Å². The van der Waals surface area contributed by atoms with Crippen LogP contribution in [-0.4, -0.2) is 0 Å². The highest BCUT2D eigenvalue weighted by Gasteiger charge is 2.06. The fraction of sp³-hybridized carbons (Fsp3) is 0.0769. The van der Waals surface area contributed by atoms with E-state index in [-0.39, 0.29) is 5.82 Å². The Hall–Kier alpha value is -0.580. The monoisotopic (exact) mass is 391 g/mol. The van der Waals surface area contributed by atoms with Gasteiger partial charge >= 0.3 is 0 Å². The van der Waals surface area contributed by atoms with Crippen LogP contribution in [0.1, 0.15) is 5.56 Å². The molecule has 0 heterocycles. The van der Waals surface area contributed by atoms with Gasteiger partial charge in [-0.25, -0.2) is 4.39 Å². The van der Waals surface area contributed by atoms with Crippen molar-refractivity contribution in [3.8, 4) is 0 Å². The van der Waals surface area contributed by atoms with Crippen LogP contribution in [0.2, 0.25) is 5.02 Å². The maximum atomic E-state index is 13.1. The van der Waals surface area contributed by atoms with Crippen molar-refractivity contribution in [1.29, 1.82) is 0 Å². The molecular formula is C13H9Br2ClFN. The van der Waals surface area contributed by atoms with Crippen molar-refractivity contribution in [1.82, 2.24) is 0 Å². The molecule has 0 aliphatic heterocycles. The van der Waals surface area contributed by atoms with Crippen LogP contribution < -0.4 is 5.32 Å². The first kappa shape index (κ1) is 13.8. The molecule has 0 fully saturated rings. The van der Waals surface area contributed by atoms with Gasteiger partial charge in [0, 0.05) is 20.5 Å². The third-order valence-corrected chi connectivity index (χ3v) is 4.12. The van der Waals surface area contributed by atoms with E-state index in [2.05, 4.69) is 37.2 Å². The zero-order valence-electron chi connectivity index (χ0n) is 9.18. The van der Waals surface area contributed by atoms with Gasteiger partial charge in [-0.05, 0) is 67.8 Å². The van der Waals surface area contributed by atoms with E-state index < -0.39 is 0 Å². The van der Waals surface area contributed by atoms with Gasteiger partial charge in [0.2, 0.25) is 0 Å². The Kier molecular flexibility index (Phi) is 4.65. The minimum Gasteiger partial charge on any atom is -0.379 e. The fourth-order valence-corrected chi connectivity index (χ4v) is 2.99. The Labute approximate surface area is 127 Å². The van der Waals surface area contributed by atoms with Crippen molar-refractivity contribution < 1.29 is 4.39 Å². The first-order chi connectivity index (χ1) is 8.58. The summed E-state index contributed by atoms with van der Waals surface area (Å²) in [7, 11) is 0. The molecule has 94 valence electrons. The van der Waals surface area contributed by atoms with Crippen LogP contribution >= 0.6 is 43.5 Å². The largest absolute Gasteiger partial charge is 0.379 e. The van der Waals surface area contributed by atoms with Gasteiger partial charge in [-0.3, -0.25) is 0 Å². The minimum atomic E-state index is -0.289. The Morgan fingerprint density at radius 2 is 1.78 bits per heavy atom. The van der Waals surface area contributed by atoms with Gasteiger partial charge in [0.15, 0.2) is 0 Å². The van der Waals surface area contributed by atoms with Gasteiger partial charge in [-0.2, -0.15) is 0 Å². The molecule has 0 saturated carbocycles. The number of nitrogens with one attached hydrogen (secondary N) is 1. The molecule has 0 aliphatic rings. The topological polar surface area (TPSA) is 12.0 Å². The second kappa shape index (κ2) is 6.04. The summed E-state index contributed by atoms with van der Waals surface area (Å²) in [6.45, 7) is 0.456. The van der Waals surface area contributed by atoms with Gasteiger partial charge in [-0.15, -0.1) is 0 Å². The molecule has 0 amide bonds. The molecule has 0 saturated heterocycles. The summed E-state index contributed by atoms with van der Waals surface area (Å²) in [5.41, 5.74) is 1.64. The summed E-state index contributed by atoms with van der Waals surface area (Å²) in [5, 5.41) is 3.77. The summed E-state index contributed by atoms with van der Waals surface area (Å²) < 4.78 is 15.0. The highest BCUT2D eigenvalue weighted by atomic mass is 79.9. The molecule has 1 nitrogen and oxygen atoms in total. The minimum absolute atomic E-state index is 0.289. The molecule has 0 radical (unpaired) electrons. The highest BCUT2D eigenvalue weighted by molar-refractivity contribution is 9.11. The number of anilines is 1. The fourth-order valence-electron chi connectivity index (χ4n) is 1.53. The Balaban J connectivity index is 2.19. The lowest BCUT2D eigenvalue weighted by Crippen LogP contribution is -2.02. The molecule has 18 heavy (non-hydrogen) atoms. The van der Waals surface area contributed by atoms with E-state index in [0.717, 1.165) is 20.2 Å². The van der Waals surface area contributed by atoms with E-state index in [1.54, 1.807) is 6.07 Å². The molecule has 5 heteroatoms. The van der Waals surface area contributed by atoms with Crippen molar-refractivity contribution in [3.05, 3.63) is 61.7 Å². The molecule has 2 aromatic carbocycles. The maximum Gasteiger partial charge on any atom is 0.123 e. The molecule has 0 unspecified atom stereocenters. The first-order valence-electron chi connectivity index (χ1n) is 5.20. The average molecular weight is 393 g/mol. The number of rotatable bonds is 3. The number of benzene rings is 2. The number of halogens is 4. The summed E-state index contributed by atoms with van der Waals surface area (Å²) in [6.07, 6.45) is 0. The van der Waals surface area contributed by atoms with E-state index in [4.69, 9.17) is 11.6 Å². The second-order valence-electron chi connectivity index (χ2n) is 3.69. The van der Waals surface area contributed by atoms with Crippen LogP contribution in [0.25, 0.3) is 0 Å². The molecular weight excluding hydrogens is 384 g/mol. The lowest BCUT2D eigenvalue weighted by Gasteiger charge is -2.11. The van der Waals surface area contributed by atoms with Crippen molar-refractivity contribution in [2.75, 3.05) is 5.32 Å². The van der Waals surface area contributed by atoms with Crippen LogP contribution in [0.4, 0.5) is 10.1 Å². The SMILES string of the molecule is Fc1ccc(Cl)c(CNc2c(Br)cccc2Br)c1. The second-order valence-corrected chi connectivity index (χ2v) is 5.80. The van der Waals surface area contributed by atoms with E-state index in [0.29, 0.717) is 11.6 Å². The number of para-hydroxylation sites is 1. The zero-order chi connectivity index (χ0) is 13.1. The molecule has 2 rings (SSSR count). The normalized spacial score (nSPS) is 10.4. The summed E-state index contributed by atoms with van der Waals surface area (Å²) in [5.74, 6) is -0.289. The van der Waals surface area contributed by atoms with Crippen molar-refractivity contribution in [2.24, 2.45) is 0 Å². The highest BCUT2D eigenvalue weighted by Crippen LogP contribution is 2.31. The number of hydrogen-bond acceptors (Lipinski definition) is 1. The summed E-state index contributed by atoms with van der Waals surface area (Å²) in [6, 6.07) is 10.1. The van der Waals surface area contributed by atoms with E-state index in [1.165, 1.54) is 12.1 Å². The third kappa shape index (κ3) is 3.25. The zero-order valence-corrected chi connectivity index (χ0v) is 13.1. The van der Waals surface area contributed by atoms with Gasteiger partial charge < -0.3 is 5.32 Å². The van der Waals surface area contributed by atoms with Crippen LogP contribution in [0.15, 0.2) is 45.3 Å². The lowest BCUT2D eigenvalue weighted by atomic mass is 10.2. The lowest BCUT2D eigenvalue weighted by molar-refractivity contribution is 0.626. The predicted octanol–water partition coefficient (Wildman–Crippen LogP) is 5.62. The van der Waals surface area contributed by atoms with Crippen LogP contribution in [0.5, 0.6) is 0 Å². The quantitative estimate of drug-likeness (QED) is 0.714. The number of hydrogen-bond donors (Lipinski definition) is 1. The Morgan fingerprint density at radius 1 is 1.11 bits per heavy atom. The Morgan fingerprint density at radius 3 is 2.44 bits per heavy atom. The third-order valence-electron chi connectivity index (χ3n) is 2.43. The van der Waals surface area contributed by atoms with Crippen molar-refractivity contribution >= 4 is 49.1 Å². The van der Waals surface area contributed by atoms with Crippen LogP contribution in [0.3, 0.4) is 0 Å². The van der Waals surface area contributed by atoms with Crippen LogP contribution in [0, 0.1) is 5.82 Å². The standard InChI is InChI=1S/C13H9Br2ClFN/c14-10-2-1-3-11(15)13(10)18-7-8-6-9(17)4-5-12(8)16/h1-6,18H,7H2. The first-order valence-corrected chi connectivity index (χ1v) is 7.16. The van der Waals surface area contributed by atoms with Crippen molar-refractivity contribution in [2.45, 2.75) is 6.54 Å². The van der Waals surface area contributed by atoms with E-state index >= 15 is 0 Å². The van der Waals surface area contributed by atoms with Crippen LogP contribution in [-0.2, 0) is 6.54 Å². The predicted molar refractivity (Wildman–Crippen MR) is 80.6 cm³/mol. The van der Waals surface area contributed by atoms with E-state index in [9.17, 15) is 4.39 Å². The smallest absolute Gasteiger partial charge is 0.123 e. The Bertz CT molecular complexity index is 555. The molecule has 1 N–H and O–H groups in total. The maximum absolute atomic E-state index is 13.1. The molecule has 0 aliphatic carbocycles. The van der Waals surface area contributed by atoms with Gasteiger partial charge in [-0.1, -0.05) is 17.7 Å². The summed E-state index contributed by atoms with van der Waals surface area (Å²) in [4.78, 5) is 0. The average Bonchev–Trinajstić information content (AvgIpc) is 2.33. The molecule has 0 atom stereocenters. The molecule has 0 spiro atoms. The van der Waals surface area contributed by atoms with Gasteiger partial charge in [0.05, 0.1) is 5.69 Å². The van der Waals surface area contributed by atoms with E-state index in [1.807, 2.05) is 18.2 Å².